The molecule has 0 aliphatic rings. The predicted molar refractivity (Wildman–Crippen MR) is 47.9 cm³/mol. The van der Waals surface area contributed by atoms with Crippen LogP contribution in [0.3, 0.4) is 0 Å². The highest BCUT2D eigenvalue weighted by atomic mass is 19.2. The largest absolute Gasteiger partial charge is 0.396 e. The first kappa shape index (κ1) is 10.6. The Bertz CT molecular complexity index is 351. The number of halogens is 3. The van der Waals surface area contributed by atoms with E-state index in [1.54, 1.807) is 0 Å². The molecule has 0 radical (unpaired) electrons. The molecule has 0 amide bonds. The van der Waals surface area contributed by atoms with E-state index in [0.717, 1.165) is 6.08 Å². The van der Waals surface area contributed by atoms with Gasteiger partial charge in [0.15, 0.2) is 11.6 Å². The van der Waals surface area contributed by atoms with Crippen molar-refractivity contribution in [3.05, 3.63) is 41.7 Å². The average Bonchev–Trinajstić information content (AvgIpc) is 2.15. The molecule has 1 aromatic carbocycles. The van der Waals surface area contributed by atoms with Crippen molar-refractivity contribution in [1.82, 2.24) is 0 Å². The molecular formula is C9H9F3N2. The van der Waals surface area contributed by atoms with Crippen LogP contribution < -0.4 is 11.5 Å². The number of rotatable bonds is 2. The van der Waals surface area contributed by atoms with Crippen molar-refractivity contribution < 1.29 is 13.2 Å². The lowest BCUT2D eigenvalue weighted by Gasteiger charge is -2.12. The van der Waals surface area contributed by atoms with Gasteiger partial charge >= 0.3 is 0 Å². The summed E-state index contributed by atoms with van der Waals surface area (Å²) in [6.07, 6.45) is 1.15. The highest BCUT2D eigenvalue weighted by Gasteiger charge is 2.19. The fourth-order valence-corrected chi connectivity index (χ4v) is 1.07. The zero-order chi connectivity index (χ0) is 10.9. The van der Waals surface area contributed by atoms with Gasteiger partial charge in [-0.1, -0.05) is 6.08 Å². The van der Waals surface area contributed by atoms with Crippen LogP contribution in [0.1, 0.15) is 11.6 Å². The summed E-state index contributed by atoms with van der Waals surface area (Å²) in [5.41, 5.74) is 9.69. The first-order valence-electron chi connectivity index (χ1n) is 3.80. The van der Waals surface area contributed by atoms with E-state index >= 15 is 0 Å². The van der Waals surface area contributed by atoms with Crippen LogP contribution in [0.2, 0.25) is 0 Å². The zero-order valence-electron chi connectivity index (χ0n) is 7.23. The quantitative estimate of drug-likeness (QED) is 0.437. The number of nitrogens with two attached hydrogens (primary N) is 2. The summed E-state index contributed by atoms with van der Waals surface area (Å²) in [6, 6.07) is -0.649. The first-order valence-corrected chi connectivity index (χ1v) is 3.80. The molecule has 0 unspecified atom stereocenters. The second kappa shape index (κ2) is 3.71. The van der Waals surface area contributed by atoms with Crippen LogP contribution in [0.15, 0.2) is 18.7 Å². The normalized spacial score (nSPS) is 12.6. The number of hydrogen-bond donors (Lipinski definition) is 2. The molecule has 1 rings (SSSR count). The number of hydrogen-bond acceptors (Lipinski definition) is 2. The SMILES string of the molecule is C=C[C@@H](N)c1c(N)c(F)cc(F)c1F. The number of benzene rings is 1. The fraction of sp³-hybridized carbons (Fsp3) is 0.111. The summed E-state index contributed by atoms with van der Waals surface area (Å²) in [4.78, 5) is 0. The van der Waals surface area contributed by atoms with Gasteiger partial charge in [0.05, 0.1) is 11.7 Å². The molecule has 14 heavy (non-hydrogen) atoms. The maximum atomic E-state index is 13.1. The maximum Gasteiger partial charge on any atom is 0.166 e. The third-order valence-corrected chi connectivity index (χ3v) is 1.83. The Morgan fingerprint density at radius 2 is 1.86 bits per heavy atom. The Labute approximate surface area is 79.0 Å². The molecule has 76 valence electrons. The van der Waals surface area contributed by atoms with Crippen molar-refractivity contribution in [1.29, 1.82) is 0 Å². The molecule has 0 bridgehead atoms. The third-order valence-electron chi connectivity index (χ3n) is 1.83. The third kappa shape index (κ3) is 1.58. The number of anilines is 1. The van der Waals surface area contributed by atoms with Crippen LogP contribution in [-0.2, 0) is 0 Å². The molecule has 0 spiro atoms. The van der Waals surface area contributed by atoms with Crippen molar-refractivity contribution >= 4 is 5.69 Å². The van der Waals surface area contributed by atoms with E-state index in [1.807, 2.05) is 0 Å². The molecule has 0 aliphatic carbocycles. The molecule has 4 N–H and O–H groups in total. The zero-order valence-corrected chi connectivity index (χ0v) is 7.23. The van der Waals surface area contributed by atoms with Crippen LogP contribution in [0.5, 0.6) is 0 Å². The van der Waals surface area contributed by atoms with Crippen LogP contribution in [0, 0.1) is 17.5 Å². The molecule has 2 nitrogen and oxygen atoms in total. The number of nitrogen functional groups attached to an aromatic ring is 1. The summed E-state index contributed by atoms with van der Waals surface area (Å²) < 4.78 is 38.8. The van der Waals surface area contributed by atoms with Gasteiger partial charge in [0, 0.05) is 11.6 Å². The molecular weight excluding hydrogens is 193 g/mol. The standard InChI is InChI=1S/C9H9F3N2/c1-2-6(13)7-8(12)4(10)3-5(11)9(7)14/h2-3,6H,1,13-14H2/t6-/m1/s1. The molecule has 0 saturated heterocycles. The Morgan fingerprint density at radius 1 is 1.29 bits per heavy atom. The Kier molecular flexibility index (Phi) is 2.81. The van der Waals surface area contributed by atoms with E-state index in [0.29, 0.717) is 6.07 Å². The molecule has 0 aromatic heterocycles. The molecule has 0 aliphatic heterocycles. The van der Waals surface area contributed by atoms with Crippen LogP contribution in [-0.4, -0.2) is 0 Å². The molecule has 5 heteroatoms. The van der Waals surface area contributed by atoms with Gasteiger partial charge in [-0.2, -0.15) is 0 Å². The summed E-state index contributed by atoms with van der Waals surface area (Å²) in [7, 11) is 0. The predicted octanol–water partition coefficient (Wildman–Crippen LogP) is 1.87. The topological polar surface area (TPSA) is 52.0 Å². The van der Waals surface area contributed by atoms with Crippen LogP contribution >= 0.6 is 0 Å². The van der Waals surface area contributed by atoms with E-state index in [9.17, 15) is 13.2 Å². The lowest BCUT2D eigenvalue weighted by atomic mass is 10.0. The fourth-order valence-electron chi connectivity index (χ4n) is 1.07. The minimum atomic E-state index is -1.32. The van der Waals surface area contributed by atoms with E-state index in [-0.39, 0.29) is 0 Å². The first-order chi connectivity index (χ1) is 6.49. The van der Waals surface area contributed by atoms with E-state index in [2.05, 4.69) is 6.58 Å². The highest BCUT2D eigenvalue weighted by Crippen LogP contribution is 2.27. The van der Waals surface area contributed by atoms with Crippen molar-refractivity contribution in [3.8, 4) is 0 Å². The van der Waals surface area contributed by atoms with Crippen molar-refractivity contribution in [2.24, 2.45) is 5.73 Å². The van der Waals surface area contributed by atoms with Crippen LogP contribution in [0.4, 0.5) is 18.9 Å². The smallest absolute Gasteiger partial charge is 0.166 e. The van der Waals surface area contributed by atoms with Gasteiger partial charge in [-0.25, -0.2) is 13.2 Å². The minimum absolute atomic E-state index is 0.379. The second-order valence-corrected chi connectivity index (χ2v) is 2.74. The second-order valence-electron chi connectivity index (χ2n) is 2.74. The van der Waals surface area contributed by atoms with Gasteiger partial charge in [-0.05, 0) is 0 Å². The van der Waals surface area contributed by atoms with E-state index in [1.165, 1.54) is 0 Å². The Balaban J connectivity index is 3.46. The lowest BCUT2D eigenvalue weighted by Crippen LogP contribution is -2.14. The Morgan fingerprint density at radius 3 is 2.36 bits per heavy atom. The van der Waals surface area contributed by atoms with Gasteiger partial charge in [0.1, 0.15) is 5.82 Å². The van der Waals surface area contributed by atoms with Crippen LogP contribution in [0.25, 0.3) is 0 Å². The summed E-state index contributed by atoms with van der Waals surface area (Å²) in [5, 5.41) is 0. The van der Waals surface area contributed by atoms with E-state index in [4.69, 9.17) is 11.5 Å². The monoisotopic (exact) mass is 202 g/mol. The van der Waals surface area contributed by atoms with Gasteiger partial charge in [0.2, 0.25) is 0 Å². The molecule has 0 fully saturated rings. The summed E-state index contributed by atoms with van der Waals surface area (Å²) in [5.74, 6) is -3.59. The van der Waals surface area contributed by atoms with Gasteiger partial charge in [0.25, 0.3) is 0 Å². The van der Waals surface area contributed by atoms with Gasteiger partial charge in [-0.3, -0.25) is 0 Å². The molecule has 1 aromatic rings. The van der Waals surface area contributed by atoms with Crippen molar-refractivity contribution in [2.75, 3.05) is 5.73 Å². The average molecular weight is 202 g/mol. The molecule has 0 saturated carbocycles. The van der Waals surface area contributed by atoms with Gasteiger partial charge in [-0.15, -0.1) is 6.58 Å². The molecule has 1 atom stereocenters. The summed E-state index contributed by atoms with van der Waals surface area (Å²) in [6.45, 7) is 3.29. The van der Waals surface area contributed by atoms with Crippen molar-refractivity contribution in [2.45, 2.75) is 6.04 Å². The Hall–Kier alpha value is -1.49. The van der Waals surface area contributed by atoms with Gasteiger partial charge < -0.3 is 11.5 Å². The summed E-state index contributed by atoms with van der Waals surface area (Å²) >= 11 is 0. The minimum Gasteiger partial charge on any atom is -0.396 e. The van der Waals surface area contributed by atoms with Crippen molar-refractivity contribution in [3.63, 3.8) is 0 Å². The lowest BCUT2D eigenvalue weighted by molar-refractivity contribution is 0.483. The molecule has 0 heterocycles. The highest BCUT2D eigenvalue weighted by molar-refractivity contribution is 5.51. The maximum absolute atomic E-state index is 13.1. The van der Waals surface area contributed by atoms with E-state index < -0.39 is 34.7 Å².